The van der Waals surface area contributed by atoms with Gasteiger partial charge in [-0.25, -0.2) is 4.98 Å². The Bertz CT molecular complexity index is 1290. The number of halogens is 2. The van der Waals surface area contributed by atoms with E-state index in [1.165, 1.54) is 0 Å². The second-order valence-electron chi connectivity index (χ2n) is 7.85. The number of carbonyl (C=O) groups excluding carboxylic acids is 2. The van der Waals surface area contributed by atoms with E-state index in [-0.39, 0.29) is 31.2 Å². The van der Waals surface area contributed by atoms with Crippen molar-refractivity contribution in [1.82, 2.24) is 4.98 Å². The zero-order valence-corrected chi connectivity index (χ0v) is 21.8. The van der Waals surface area contributed by atoms with Crippen LogP contribution in [-0.4, -0.2) is 23.3 Å². The van der Waals surface area contributed by atoms with Gasteiger partial charge >= 0.3 is 5.97 Å². The minimum atomic E-state index is -0.308. The average molecular weight is 556 g/mol. The Kier molecular flexibility index (Phi) is 9.41. The molecule has 0 saturated carbocycles. The lowest BCUT2D eigenvalue weighted by molar-refractivity contribution is -0.142. The fourth-order valence-corrected chi connectivity index (χ4v) is 4.13. The smallest absolute Gasteiger partial charge is 0.310 e. The number of hydrogen-bond donors (Lipinski definition) is 0. The normalized spacial score (nSPS) is 10.5. The van der Waals surface area contributed by atoms with Gasteiger partial charge in [0.2, 0.25) is 5.88 Å². The molecule has 0 atom stereocenters. The van der Waals surface area contributed by atoms with E-state index < -0.39 is 0 Å². The standard InChI is InChI=1S/C27H24BrClN2O4/c1-3-34-27(33)14-21-11-17(2)23(28)13-19(21)9-10-24(32)22-12-18(15-30)7-8-20(22)16-35-26-6-4-5-25(29)31-26/h4-8,11-13H,3,9-10,14,16H2,1-2H3. The van der Waals surface area contributed by atoms with Gasteiger partial charge in [0.1, 0.15) is 11.8 Å². The second-order valence-corrected chi connectivity index (χ2v) is 9.09. The molecule has 0 fully saturated rings. The maximum absolute atomic E-state index is 13.3. The van der Waals surface area contributed by atoms with Crippen LogP contribution in [0.3, 0.4) is 0 Å². The van der Waals surface area contributed by atoms with Crippen molar-refractivity contribution in [1.29, 1.82) is 5.26 Å². The predicted octanol–water partition coefficient (Wildman–Crippen LogP) is 6.18. The summed E-state index contributed by atoms with van der Waals surface area (Å²) in [5.74, 6) is -0.0931. The van der Waals surface area contributed by atoms with Gasteiger partial charge in [0, 0.05) is 28.1 Å². The van der Waals surface area contributed by atoms with Crippen LogP contribution in [0.25, 0.3) is 0 Å². The molecule has 0 spiro atoms. The van der Waals surface area contributed by atoms with Crippen LogP contribution in [0.15, 0.2) is 53.0 Å². The molecule has 0 bridgehead atoms. The minimum absolute atomic E-state index is 0.102. The molecule has 0 aliphatic heterocycles. The molecule has 3 rings (SSSR count). The van der Waals surface area contributed by atoms with E-state index in [4.69, 9.17) is 21.1 Å². The summed E-state index contributed by atoms with van der Waals surface area (Å²) in [5, 5.41) is 9.64. The zero-order chi connectivity index (χ0) is 25.4. The predicted molar refractivity (Wildman–Crippen MR) is 137 cm³/mol. The first-order valence-corrected chi connectivity index (χ1v) is 12.2. The monoisotopic (exact) mass is 554 g/mol. The SMILES string of the molecule is CCOC(=O)Cc1cc(C)c(Br)cc1CCC(=O)c1cc(C#N)ccc1COc1cccc(Cl)n1. The number of esters is 1. The Balaban J connectivity index is 1.80. The number of aryl methyl sites for hydroxylation is 2. The maximum Gasteiger partial charge on any atom is 0.310 e. The van der Waals surface area contributed by atoms with Crippen LogP contribution in [0.4, 0.5) is 0 Å². The molecule has 0 unspecified atom stereocenters. The third-order valence-corrected chi connectivity index (χ3v) is 6.41. The fraction of sp³-hybridized carbons (Fsp3) is 0.259. The third-order valence-electron chi connectivity index (χ3n) is 5.35. The third kappa shape index (κ3) is 7.38. The van der Waals surface area contributed by atoms with Gasteiger partial charge in [-0.3, -0.25) is 9.59 Å². The first kappa shape index (κ1) is 26.4. The van der Waals surface area contributed by atoms with E-state index in [2.05, 4.69) is 27.0 Å². The number of rotatable bonds is 10. The van der Waals surface area contributed by atoms with E-state index in [0.29, 0.717) is 40.8 Å². The highest BCUT2D eigenvalue weighted by atomic mass is 79.9. The van der Waals surface area contributed by atoms with Crippen molar-refractivity contribution in [2.75, 3.05) is 6.61 Å². The molecule has 0 aliphatic rings. The van der Waals surface area contributed by atoms with Crippen molar-refractivity contribution in [3.05, 3.63) is 91.5 Å². The van der Waals surface area contributed by atoms with Gasteiger partial charge < -0.3 is 9.47 Å². The highest BCUT2D eigenvalue weighted by molar-refractivity contribution is 9.10. The molecule has 1 heterocycles. The number of carbonyl (C=O) groups is 2. The van der Waals surface area contributed by atoms with E-state index in [1.54, 1.807) is 43.3 Å². The summed E-state index contributed by atoms with van der Waals surface area (Å²) >= 11 is 9.45. The second kappa shape index (κ2) is 12.5. The highest BCUT2D eigenvalue weighted by Gasteiger charge is 2.17. The van der Waals surface area contributed by atoms with Crippen LogP contribution in [0.5, 0.6) is 5.88 Å². The van der Waals surface area contributed by atoms with Gasteiger partial charge in [-0.2, -0.15) is 5.26 Å². The van der Waals surface area contributed by atoms with Crippen molar-refractivity contribution >= 4 is 39.3 Å². The van der Waals surface area contributed by atoms with Crippen LogP contribution in [-0.2, 0) is 29.0 Å². The first-order chi connectivity index (χ1) is 16.8. The molecule has 0 N–H and O–H groups in total. The molecule has 8 heteroatoms. The maximum atomic E-state index is 13.3. The summed E-state index contributed by atoms with van der Waals surface area (Å²) in [4.78, 5) is 29.4. The van der Waals surface area contributed by atoms with E-state index in [9.17, 15) is 14.9 Å². The van der Waals surface area contributed by atoms with Crippen molar-refractivity contribution in [2.45, 2.75) is 39.7 Å². The number of hydrogen-bond acceptors (Lipinski definition) is 6. The largest absolute Gasteiger partial charge is 0.473 e. The molecule has 1 aromatic heterocycles. The molecule has 35 heavy (non-hydrogen) atoms. The van der Waals surface area contributed by atoms with Crippen molar-refractivity contribution in [3.8, 4) is 11.9 Å². The molecule has 0 radical (unpaired) electrons. The lowest BCUT2D eigenvalue weighted by atomic mass is 9.94. The molecule has 6 nitrogen and oxygen atoms in total. The summed E-state index contributed by atoms with van der Waals surface area (Å²) in [6, 6.07) is 16.0. The average Bonchev–Trinajstić information content (AvgIpc) is 2.84. The highest BCUT2D eigenvalue weighted by Crippen LogP contribution is 2.25. The molecule has 3 aromatic rings. The Labute approximate surface area is 218 Å². The van der Waals surface area contributed by atoms with Crippen LogP contribution >= 0.6 is 27.5 Å². The summed E-state index contributed by atoms with van der Waals surface area (Å²) in [7, 11) is 0. The lowest BCUT2D eigenvalue weighted by Crippen LogP contribution is -2.12. The molecule has 0 aliphatic carbocycles. The van der Waals surface area contributed by atoms with E-state index in [0.717, 1.165) is 21.2 Å². The minimum Gasteiger partial charge on any atom is -0.473 e. The molecule has 0 amide bonds. The van der Waals surface area contributed by atoms with E-state index in [1.807, 2.05) is 19.1 Å². The number of ketones is 1. The number of ether oxygens (including phenoxy) is 2. The quantitative estimate of drug-likeness (QED) is 0.169. The van der Waals surface area contributed by atoms with Crippen LogP contribution in [0.2, 0.25) is 5.15 Å². The number of nitrogens with zero attached hydrogens (tertiary/aromatic N) is 2. The molecule has 2 aromatic carbocycles. The topological polar surface area (TPSA) is 89.3 Å². The Morgan fingerprint density at radius 3 is 2.63 bits per heavy atom. The van der Waals surface area contributed by atoms with Crippen molar-refractivity contribution < 1.29 is 19.1 Å². The van der Waals surface area contributed by atoms with Gasteiger partial charge in [0.15, 0.2) is 5.78 Å². The van der Waals surface area contributed by atoms with Crippen molar-refractivity contribution in [3.63, 3.8) is 0 Å². The molecular weight excluding hydrogens is 532 g/mol. The summed E-state index contributed by atoms with van der Waals surface area (Å²) in [5.41, 5.74) is 4.17. The van der Waals surface area contributed by atoms with E-state index >= 15 is 0 Å². The number of pyridine rings is 1. The lowest BCUT2D eigenvalue weighted by Gasteiger charge is -2.13. The Hall–Kier alpha value is -3.21. The molecule has 0 saturated heterocycles. The van der Waals surface area contributed by atoms with Crippen LogP contribution in [0.1, 0.15) is 51.5 Å². The summed E-state index contributed by atoms with van der Waals surface area (Å²) in [6.07, 6.45) is 0.767. The molecular formula is C27H24BrClN2O4. The Morgan fingerprint density at radius 2 is 1.91 bits per heavy atom. The van der Waals surface area contributed by atoms with Gasteiger partial charge in [-0.1, -0.05) is 45.7 Å². The van der Waals surface area contributed by atoms with Gasteiger partial charge in [-0.05, 0) is 61.2 Å². The van der Waals surface area contributed by atoms with Gasteiger partial charge in [0.25, 0.3) is 0 Å². The number of nitriles is 1. The first-order valence-electron chi connectivity index (χ1n) is 11.1. The van der Waals surface area contributed by atoms with Gasteiger partial charge in [-0.15, -0.1) is 0 Å². The zero-order valence-electron chi connectivity index (χ0n) is 19.4. The molecule has 180 valence electrons. The van der Waals surface area contributed by atoms with Crippen molar-refractivity contribution in [2.24, 2.45) is 0 Å². The van der Waals surface area contributed by atoms with Crippen LogP contribution < -0.4 is 4.74 Å². The Morgan fingerprint density at radius 1 is 1.11 bits per heavy atom. The fourth-order valence-electron chi connectivity index (χ4n) is 3.58. The number of benzene rings is 2. The van der Waals surface area contributed by atoms with Gasteiger partial charge in [0.05, 0.1) is 24.7 Å². The van der Waals surface area contributed by atoms with Crippen LogP contribution in [0, 0.1) is 18.3 Å². The number of aromatic nitrogens is 1. The summed E-state index contributed by atoms with van der Waals surface area (Å²) < 4.78 is 11.7. The summed E-state index contributed by atoms with van der Waals surface area (Å²) in [6.45, 7) is 4.13. The number of Topliss-reactive ketones (excluding diaryl/α,β-unsaturated/α-hetero) is 1.